The maximum absolute atomic E-state index is 11.4. The van der Waals surface area contributed by atoms with E-state index in [1.165, 1.54) is 5.56 Å². The van der Waals surface area contributed by atoms with Crippen LogP contribution in [0.2, 0.25) is 0 Å². The maximum atomic E-state index is 11.4. The van der Waals surface area contributed by atoms with Crippen molar-refractivity contribution in [2.24, 2.45) is 5.92 Å². The summed E-state index contributed by atoms with van der Waals surface area (Å²) in [6, 6.07) is 8.01. The van der Waals surface area contributed by atoms with E-state index >= 15 is 0 Å². The van der Waals surface area contributed by atoms with Crippen molar-refractivity contribution in [2.75, 3.05) is 13.2 Å². The molecule has 1 atom stereocenters. The number of benzene rings is 1. The highest BCUT2D eigenvalue weighted by atomic mass is 16.5. The van der Waals surface area contributed by atoms with E-state index in [2.05, 4.69) is 32.9 Å². The molecule has 106 valence electrons. The molecule has 0 N–H and O–H groups in total. The third-order valence-corrected chi connectivity index (χ3v) is 2.91. The molecule has 1 rings (SSSR count). The number of esters is 1. The predicted octanol–water partition coefficient (Wildman–Crippen LogP) is 3.56. The Morgan fingerprint density at radius 2 is 1.79 bits per heavy atom. The summed E-state index contributed by atoms with van der Waals surface area (Å²) >= 11 is 0. The third kappa shape index (κ3) is 4.93. The molecule has 3 heteroatoms. The number of carbonyl (C=O) groups excluding carboxylic acids is 1. The van der Waals surface area contributed by atoms with Crippen LogP contribution in [0.5, 0.6) is 5.75 Å². The smallest absolute Gasteiger partial charge is 0.312 e. The summed E-state index contributed by atoms with van der Waals surface area (Å²) in [6.45, 7) is 10.9. The molecule has 0 aliphatic rings. The molecular weight excluding hydrogens is 240 g/mol. The van der Waals surface area contributed by atoms with Gasteiger partial charge in [-0.3, -0.25) is 4.79 Å². The van der Waals surface area contributed by atoms with Gasteiger partial charge >= 0.3 is 5.97 Å². The molecule has 1 unspecified atom stereocenters. The lowest BCUT2D eigenvalue weighted by atomic mass is 9.87. The number of ether oxygens (including phenoxy) is 2. The highest BCUT2D eigenvalue weighted by molar-refractivity contribution is 5.72. The van der Waals surface area contributed by atoms with Crippen LogP contribution >= 0.6 is 0 Å². The summed E-state index contributed by atoms with van der Waals surface area (Å²) in [5, 5.41) is 0. The molecule has 0 saturated carbocycles. The first-order valence-electron chi connectivity index (χ1n) is 6.74. The summed E-state index contributed by atoms with van der Waals surface area (Å²) in [5.74, 6) is 0.320. The minimum atomic E-state index is -0.248. The molecule has 0 bridgehead atoms. The Morgan fingerprint density at radius 1 is 1.21 bits per heavy atom. The first-order chi connectivity index (χ1) is 8.84. The van der Waals surface area contributed by atoms with Crippen molar-refractivity contribution in [3.63, 3.8) is 0 Å². The Kier molecular flexibility index (Phi) is 5.40. The summed E-state index contributed by atoms with van der Waals surface area (Å²) in [5.41, 5.74) is 1.40. The van der Waals surface area contributed by atoms with Crippen molar-refractivity contribution >= 4 is 5.97 Å². The van der Waals surface area contributed by atoms with Gasteiger partial charge in [-0.25, -0.2) is 0 Å². The lowest BCUT2D eigenvalue weighted by Crippen LogP contribution is -2.21. The number of hydrogen-bond donors (Lipinski definition) is 0. The summed E-state index contributed by atoms with van der Waals surface area (Å²) in [7, 11) is 0. The fraction of sp³-hybridized carbons (Fsp3) is 0.562. The minimum absolute atomic E-state index is 0.136. The van der Waals surface area contributed by atoms with Gasteiger partial charge in [0.2, 0.25) is 0 Å². The molecule has 3 nitrogen and oxygen atoms in total. The molecular formula is C16H24O3. The van der Waals surface area contributed by atoms with Crippen molar-refractivity contribution in [1.82, 2.24) is 0 Å². The van der Waals surface area contributed by atoms with Crippen molar-refractivity contribution in [1.29, 1.82) is 0 Å². The monoisotopic (exact) mass is 264 g/mol. The zero-order chi connectivity index (χ0) is 14.5. The van der Waals surface area contributed by atoms with Gasteiger partial charge in [0.05, 0.1) is 12.5 Å². The lowest BCUT2D eigenvalue weighted by Gasteiger charge is -2.19. The maximum Gasteiger partial charge on any atom is 0.312 e. The molecule has 0 aliphatic heterocycles. The van der Waals surface area contributed by atoms with E-state index in [0.29, 0.717) is 13.2 Å². The van der Waals surface area contributed by atoms with E-state index in [1.54, 1.807) is 6.92 Å². The number of rotatable bonds is 5. The van der Waals surface area contributed by atoms with E-state index in [9.17, 15) is 4.79 Å². The largest absolute Gasteiger partial charge is 0.493 e. The number of carbonyl (C=O) groups is 1. The number of hydrogen-bond acceptors (Lipinski definition) is 3. The second-order valence-corrected chi connectivity index (χ2v) is 5.74. The van der Waals surface area contributed by atoms with Gasteiger partial charge in [0.15, 0.2) is 0 Å². The van der Waals surface area contributed by atoms with Crippen LogP contribution in [0.15, 0.2) is 24.3 Å². The lowest BCUT2D eigenvalue weighted by molar-refractivity contribution is -0.148. The van der Waals surface area contributed by atoms with Crippen LogP contribution in [0.3, 0.4) is 0 Å². The van der Waals surface area contributed by atoms with Gasteiger partial charge in [-0.15, -0.1) is 0 Å². The second-order valence-electron chi connectivity index (χ2n) is 5.74. The van der Waals surface area contributed by atoms with Crippen LogP contribution in [0.4, 0.5) is 0 Å². The van der Waals surface area contributed by atoms with Gasteiger partial charge in [0, 0.05) is 0 Å². The fourth-order valence-corrected chi connectivity index (χ4v) is 1.62. The SMILES string of the molecule is CCOC(=O)C(C)COc1ccc(C(C)(C)C)cc1. The van der Waals surface area contributed by atoms with E-state index in [4.69, 9.17) is 9.47 Å². The standard InChI is InChI=1S/C16H24O3/c1-6-18-15(17)12(2)11-19-14-9-7-13(8-10-14)16(3,4)5/h7-10,12H,6,11H2,1-5H3. The fourth-order valence-electron chi connectivity index (χ4n) is 1.62. The average molecular weight is 264 g/mol. The van der Waals surface area contributed by atoms with Crippen molar-refractivity contribution in [3.05, 3.63) is 29.8 Å². The molecule has 0 fully saturated rings. The minimum Gasteiger partial charge on any atom is -0.493 e. The Morgan fingerprint density at radius 3 is 2.26 bits per heavy atom. The van der Waals surface area contributed by atoms with Gasteiger partial charge in [-0.2, -0.15) is 0 Å². The van der Waals surface area contributed by atoms with Crippen molar-refractivity contribution < 1.29 is 14.3 Å². The third-order valence-electron chi connectivity index (χ3n) is 2.91. The molecule has 0 heterocycles. The Labute approximate surface area is 115 Å². The highest BCUT2D eigenvalue weighted by Gasteiger charge is 2.15. The van der Waals surface area contributed by atoms with Gasteiger partial charge in [0.25, 0.3) is 0 Å². The molecule has 0 aromatic heterocycles. The quantitative estimate of drug-likeness (QED) is 0.763. The van der Waals surface area contributed by atoms with Gasteiger partial charge in [-0.1, -0.05) is 32.9 Å². The highest BCUT2D eigenvalue weighted by Crippen LogP contribution is 2.24. The molecule has 0 aliphatic carbocycles. The van der Waals surface area contributed by atoms with Gasteiger partial charge < -0.3 is 9.47 Å². The molecule has 0 saturated heterocycles. The van der Waals surface area contributed by atoms with Crippen LogP contribution in [0.25, 0.3) is 0 Å². The van der Waals surface area contributed by atoms with E-state index in [1.807, 2.05) is 19.1 Å². The molecule has 0 radical (unpaired) electrons. The summed E-state index contributed by atoms with van der Waals surface area (Å²) < 4.78 is 10.5. The Bertz CT molecular complexity index is 401. The summed E-state index contributed by atoms with van der Waals surface area (Å²) in [4.78, 5) is 11.4. The zero-order valence-electron chi connectivity index (χ0n) is 12.5. The molecule has 0 amide bonds. The van der Waals surface area contributed by atoms with Crippen LogP contribution in [-0.2, 0) is 14.9 Å². The predicted molar refractivity (Wildman–Crippen MR) is 76.4 cm³/mol. The van der Waals surface area contributed by atoms with Crippen LogP contribution in [0, 0.1) is 5.92 Å². The van der Waals surface area contributed by atoms with E-state index < -0.39 is 0 Å². The second kappa shape index (κ2) is 6.60. The normalized spacial score (nSPS) is 12.9. The van der Waals surface area contributed by atoms with Crippen molar-refractivity contribution in [2.45, 2.75) is 40.0 Å². The summed E-state index contributed by atoms with van der Waals surface area (Å²) in [6.07, 6.45) is 0. The zero-order valence-corrected chi connectivity index (χ0v) is 12.5. The molecule has 1 aromatic carbocycles. The Hall–Kier alpha value is -1.51. The first-order valence-corrected chi connectivity index (χ1v) is 6.74. The Balaban J connectivity index is 2.53. The molecule has 1 aromatic rings. The van der Waals surface area contributed by atoms with Crippen LogP contribution < -0.4 is 4.74 Å². The van der Waals surface area contributed by atoms with Crippen LogP contribution in [-0.4, -0.2) is 19.2 Å². The first kappa shape index (κ1) is 15.5. The van der Waals surface area contributed by atoms with E-state index in [0.717, 1.165) is 5.75 Å². The van der Waals surface area contributed by atoms with Gasteiger partial charge in [0.1, 0.15) is 12.4 Å². The molecule has 0 spiro atoms. The van der Waals surface area contributed by atoms with Gasteiger partial charge in [-0.05, 0) is 37.0 Å². The average Bonchev–Trinajstić information content (AvgIpc) is 2.35. The van der Waals surface area contributed by atoms with Crippen LogP contribution in [0.1, 0.15) is 40.2 Å². The van der Waals surface area contributed by atoms with Crippen molar-refractivity contribution in [3.8, 4) is 5.75 Å². The molecule has 19 heavy (non-hydrogen) atoms. The van der Waals surface area contributed by atoms with E-state index in [-0.39, 0.29) is 17.3 Å². The topological polar surface area (TPSA) is 35.5 Å².